The largest absolute Gasteiger partial charge is 0.246 e. The minimum atomic E-state index is -3.83. The zero-order chi connectivity index (χ0) is 16.2. The van der Waals surface area contributed by atoms with E-state index in [-0.39, 0.29) is 22.6 Å². The van der Waals surface area contributed by atoms with Crippen LogP contribution in [0.4, 0.5) is 4.39 Å². The van der Waals surface area contributed by atoms with Crippen molar-refractivity contribution in [1.82, 2.24) is 4.31 Å². The lowest BCUT2D eigenvalue weighted by molar-refractivity contribution is 0.332. The minimum absolute atomic E-state index is 0.152. The maximum Gasteiger partial charge on any atom is 0.246 e. The van der Waals surface area contributed by atoms with Crippen molar-refractivity contribution >= 4 is 21.6 Å². The lowest BCUT2D eigenvalue weighted by Crippen LogP contribution is -2.37. The van der Waals surface area contributed by atoms with Crippen molar-refractivity contribution in [2.24, 2.45) is 11.8 Å². The third-order valence-corrected chi connectivity index (χ3v) is 5.08. The molecular formula is C15H23ClFNO2S. The Balaban J connectivity index is 3.21. The molecule has 0 saturated carbocycles. The molecule has 3 nitrogen and oxygen atoms in total. The standard InChI is InChI=1S/C15H23ClFNO2S/c1-11(2)9-18(10-12(3)4)21(19,20)15-6-5-13(8-16)7-14(15)17/h5-7,11-12H,8-10H2,1-4H3. The molecule has 0 aliphatic carbocycles. The number of halogens is 2. The van der Waals surface area contributed by atoms with E-state index in [0.29, 0.717) is 18.7 Å². The molecule has 0 spiro atoms. The smallest absolute Gasteiger partial charge is 0.207 e. The summed E-state index contributed by atoms with van der Waals surface area (Å²) < 4.78 is 40.8. The van der Waals surface area contributed by atoms with Gasteiger partial charge in [0, 0.05) is 19.0 Å². The van der Waals surface area contributed by atoms with E-state index >= 15 is 0 Å². The average molecular weight is 336 g/mol. The fraction of sp³-hybridized carbons (Fsp3) is 0.600. The van der Waals surface area contributed by atoms with Crippen LogP contribution in [0.2, 0.25) is 0 Å². The topological polar surface area (TPSA) is 37.4 Å². The number of nitrogens with zero attached hydrogens (tertiary/aromatic N) is 1. The van der Waals surface area contributed by atoms with Gasteiger partial charge in [0.1, 0.15) is 10.7 Å². The van der Waals surface area contributed by atoms with Gasteiger partial charge in [0.15, 0.2) is 0 Å². The van der Waals surface area contributed by atoms with Crippen LogP contribution in [0.3, 0.4) is 0 Å². The van der Waals surface area contributed by atoms with Gasteiger partial charge in [0.2, 0.25) is 10.0 Å². The number of alkyl halides is 1. The van der Waals surface area contributed by atoms with Crippen molar-refractivity contribution in [3.8, 4) is 0 Å². The first kappa shape index (κ1) is 18.4. The van der Waals surface area contributed by atoms with Crippen LogP contribution in [0.1, 0.15) is 33.3 Å². The van der Waals surface area contributed by atoms with Gasteiger partial charge in [-0.05, 0) is 29.5 Å². The Bertz CT molecular complexity index is 563. The first-order valence-electron chi connectivity index (χ1n) is 7.03. The van der Waals surface area contributed by atoms with Gasteiger partial charge in [-0.3, -0.25) is 0 Å². The average Bonchev–Trinajstić information content (AvgIpc) is 2.36. The highest BCUT2D eigenvalue weighted by atomic mass is 35.5. The molecule has 0 atom stereocenters. The lowest BCUT2D eigenvalue weighted by Gasteiger charge is -2.25. The molecule has 1 aromatic carbocycles. The number of benzene rings is 1. The Morgan fingerprint density at radius 3 is 2.05 bits per heavy atom. The molecule has 0 amide bonds. The van der Waals surface area contributed by atoms with Gasteiger partial charge in [-0.25, -0.2) is 12.8 Å². The Labute approximate surface area is 132 Å². The van der Waals surface area contributed by atoms with E-state index in [4.69, 9.17) is 11.6 Å². The second kappa shape index (κ2) is 7.56. The number of sulfonamides is 1. The fourth-order valence-corrected chi connectivity index (χ4v) is 4.04. The highest BCUT2D eigenvalue weighted by molar-refractivity contribution is 7.89. The normalized spacial score (nSPS) is 12.6. The summed E-state index contributed by atoms with van der Waals surface area (Å²) in [6.45, 7) is 8.51. The fourth-order valence-electron chi connectivity index (χ4n) is 2.06. The van der Waals surface area contributed by atoms with Crippen molar-refractivity contribution in [2.75, 3.05) is 13.1 Å². The Morgan fingerprint density at radius 1 is 1.14 bits per heavy atom. The second-order valence-corrected chi connectivity index (χ2v) is 8.18. The maximum atomic E-state index is 14.1. The van der Waals surface area contributed by atoms with Crippen LogP contribution < -0.4 is 0 Å². The van der Waals surface area contributed by atoms with Crippen molar-refractivity contribution in [1.29, 1.82) is 0 Å². The van der Waals surface area contributed by atoms with Gasteiger partial charge in [0.25, 0.3) is 0 Å². The van der Waals surface area contributed by atoms with E-state index in [1.807, 2.05) is 27.7 Å². The second-order valence-electron chi connectivity index (χ2n) is 6.01. The van der Waals surface area contributed by atoms with Crippen LogP contribution in [0.15, 0.2) is 23.1 Å². The SMILES string of the molecule is CC(C)CN(CC(C)C)S(=O)(=O)c1ccc(CCl)cc1F. The number of hydrogen-bond donors (Lipinski definition) is 0. The molecule has 6 heteroatoms. The molecule has 0 bridgehead atoms. The maximum absolute atomic E-state index is 14.1. The predicted molar refractivity (Wildman–Crippen MR) is 84.4 cm³/mol. The zero-order valence-electron chi connectivity index (χ0n) is 12.9. The predicted octanol–water partition coefficient (Wildman–Crippen LogP) is 3.87. The molecule has 21 heavy (non-hydrogen) atoms. The van der Waals surface area contributed by atoms with E-state index in [1.54, 1.807) is 6.07 Å². The highest BCUT2D eigenvalue weighted by Crippen LogP contribution is 2.23. The quantitative estimate of drug-likeness (QED) is 0.709. The summed E-state index contributed by atoms with van der Waals surface area (Å²) in [7, 11) is -3.83. The summed E-state index contributed by atoms with van der Waals surface area (Å²) >= 11 is 5.64. The van der Waals surface area contributed by atoms with Crippen LogP contribution in [0, 0.1) is 17.7 Å². The summed E-state index contributed by atoms with van der Waals surface area (Å²) in [5.74, 6) is -0.253. The Kier molecular flexibility index (Phi) is 6.63. The third kappa shape index (κ3) is 4.94. The molecule has 0 saturated heterocycles. The van der Waals surface area contributed by atoms with Crippen molar-refractivity contribution < 1.29 is 12.8 Å². The molecule has 0 aliphatic rings. The minimum Gasteiger partial charge on any atom is -0.207 e. The van der Waals surface area contributed by atoms with Crippen LogP contribution in [0.25, 0.3) is 0 Å². The number of rotatable bonds is 7. The molecule has 0 heterocycles. The van der Waals surface area contributed by atoms with Gasteiger partial charge >= 0.3 is 0 Å². The van der Waals surface area contributed by atoms with E-state index < -0.39 is 15.8 Å². The Morgan fingerprint density at radius 2 is 1.67 bits per heavy atom. The van der Waals surface area contributed by atoms with Crippen molar-refractivity contribution in [3.05, 3.63) is 29.6 Å². The van der Waals surface area contributed by atoms with Gasteiger partial charge in [-0.1, -0.05) is 33.8 Å². The molecule has 0 N–H and O–H groups in total. The van der Waals surface area contributed by atoms with Crippen LogP contribution in [-0.2, 0) is 15.9 Å². The summed E-state index contributed by atoms with van der Waals surface area (Å²) in [4.78, 5) is -0.280. The van der Waals surface area contributed by atoms with Crippen LogP contribution in [-0.4, -0.2) is 25.8 Å². The van der Waals surface area contributed by atoms with E-state index in [2.05, 4.69) is 0 Å². The van der Waals surface area contributed by atoms with Crippen LogP contribution in [0.5, 0.6) is 0 Å². The molecule has 120 valence electrons. The van der Waals surface area contributed by atoms with E-state index in [9.17, 15) is 12.8 Å². The molecule has 0 aliphatic heterocycles. The monoisotopic (exact) mass is 335 g/mol. The molecule has 1 aromatic rings. The highest BCUT2D eigenvalue weighted by Gasteiger charge is 2.28. The van der Waals surface area contributed by atoms with E-state index in [1.165, 1.54) is 16.4 Å². The van der Waals surface area contributed by atoms with Crippen molar-refractivity contribution in [2.45, 2.75) is 38.5 Å². The van der Waals surface area contributed by atoms with Crippen molar-refractivity contribution in [3.63, 3.8) is 0 Å². The Hall–Kier alpha value is -0.650. The summed E-state index contributed by atoms with van der Waals surface area (Å²) in [5, 5.41) is 0. The molecule has 0 unspecified atom stereocenters. The first-order chi connectivity index (χ1) is 9.68. The van der Waals surface area contributed by atoms with Crippen LogP contribution >= 0.6 is 11.6 Å². The molecule has 1 rings (SSSR count). The molecule has 0 radical (unpaired) electrons. The third-order valence-electron chi connectivity index (χ3n) is 2.91. The van der Waals surface area contributed by atoms with Gasteiger partial charge in [-0.15, -0.1) is 11.6 Å². The van der Waals surface area contributed by atoms with Gasteiger partial charge in [0.05, 0.1) is 0 Å². The number of hydrogen-bond acceptors (Lipinski definition) is 2. The summed E-state index contributed by atoms with van der Waals surface area (Å²) in [6, 6.07) is 4.03. The van der Waals surface area contributed by atoms with Gasteiger partial charge < -0.3 is 0 Å². The zero-order valence-corrected chi connectivity index (χ0v) is 14.5. The lowest BCUT2D eigenvalue weighted by atomic mass is 10.2. The van der Waals surface area contributed by atoms with Gasteiger partial charge in [-0.2, -0.15) is 4.31 Å². The van der Waals surface area contributed by atoms with E-state index in [0.717, 1.165) is 0 Å². The molecular weight excluding hydrogens is 313 g/mol. The summed E-state index contributed by atoms with van der Waals surface area (Å²) in [6.07, 6.45) is 0. The molecule has 0 aromatic heterocycles. The summed E-state index contributed by atoms with van der Waals surface area (Å²) in [5.41, 5.74) is 0.562. The molecule has 0 fully saturated rings. The first-order valence-corrected chi connectivity index (χ1v) is 9.00.